The predicted molar refractivity (Wildman–Crippen MR) is 80.7 cm³/mol. The van der Waals surface area contributed by atoms with Crippen LogP contribution in [0.3, 0.4) is 0 Å². The number of hydrogen-bond donors (Lipinski definition) is 2. The molecule has 1 heterocycles. The molecule has 1 aromatic carbocycles. The van der Waals surface area contributed by atoms with Gasteiger partial charge < -0.3 is 15.2 Å². The number of rotatable bonds is 7. The molecule has 0 fully saturated rings. The largest absolute Gasteiger partial charge is 0.477 e. The lowest BCUT2D eigenvalue weighted by Crippen LogP contribution is -2.16. The maximum Gasteiger partial charge on any atom is 0.411 e. The van der Waals surface area contributed by atoms with Crippen LogP contribution in [0.1, 0.15) is 21.6 Å². The highest BCUT2D eigenvalue weighted by Crippen LogP contribution is 2.16. The molecule has 2 aromatic rings. The van der Waals surface area contributed by atoms with Gasteiger partial charge in [-0.15, -0.1) is 0 Å². The zero-order chi connectivity index (χ0) is 17.6. The maximum atomic E-state index is 12.0. The molecule has 24 heavy (non-hydrogen) atoms. The Morgan fingerprint density at radius 2 is 1.79 bits per heavy atom. The zero-order valence-electron chi connectivity index (χ0n) is 12.5. The standard InChI is InChI=1S/C16H15F3N2O3/c17-16(18,19)10-24-9-12-6-4-11(5-7-12)8-20-14-3-1-2-13(21-14)15(22)23/h1-7H,8-10H2,(H,20,21)(H,22,23). The highest BCUT2D eigenvalue weighted by atomic mass is 19.4. The number of aromatic nitrogens is 1. The summed E-state index contributed by atoms with van der Waals surface area (Å²) in [4.78, 5) is 14.8. The van der Waals surface area contributed by atoms with Crippen molar-refractivity contribution in [1.82, 2.24) is 4.98 Å². The highest BCUT2D eigenvalue weighted by molar-refractivity contribution is 5.85. The van der Waals surface area contributed by atoms with E-state index < -0.39 is 18.8 Å². The van der Waals surface area contributed by atoms with Crippen LogP contribution >= 0.6 is 0 Å². The molecule has 5 nitrogen and oxygen atoms in total. The summed E-state index contributed by atoms with van der Waals surface area (Å²) in [7, 11) is 0. The first-order chi connectivity index (χ1) is 11.3. The fourth-order valence-corrected chi connectivity index (χ4v) is 1.88. The molecule has 0 radical (unpaired) electrons. The minimum atomic E-state index is -4.33. The van der Waals surface area contributed by atoms with Gasteiger partial charge in [0.1, 0.15) is 12.4 Å². The van der Waals surface area contributed by atoms with Gasteiger partial charge in [-0.3, -0.25) is 0 Å². The van der Waals surface area contributed by atoms with Gasteiger partial charge in [-0.1, -0.05) is 30.3 Å². The van der Waals surface area contributed by atoms with Crippen LogP contribution in [0.4, 0.5) is 19.0 Å². The summed E-state index contributed by atoms with van der Waals surface area (Å²) in [5.41, 5.74) is 1.45. The smallest absolute Gasteiger partial charge is 0.411 e. The van der Waals surface area contributed by atoms with E-state index in [0.717, 1.165) is 5.56 Å². The SMILES string of the molecule is O=C(O)c1cccc(NCc2ccc(COCC(F)(F)F)cc2)n1. The number of hydrogen-bond acceptors (Lipinski definition) is 4. The van der Waals surface area contributed by atoms with Gasteiger partial charge >= 0.3 is 12.1 Å². The van der Waals surface area contributed by atoms with Gasteiger partial charge in [0.25, 0.3) is 0 Å². The van der Waals surface area contributed by atoms with E-state index in [2.05, 4.69) is 15.0 Å². The number of nitrogens with zero attached hydrogens (tertiary/aromatic N) is 1. The van der Waals surface area contributed by atoms with Crippen molar-refractivity contribution in [3.63, 3.8) is 0 Å². The van der Waals surface area contributed by atoms with Gasteiger partial charge in [-0.25, -0.2) is 9.78 Å². The number of nitrogens with one attached hydrogen (secondary N) is 1. The van der Waals surface area contributed by atoms with E-state index in [-0.39, 0.29) is 12.3 Å². The monoisotopic (exact) mass is 340 g/mol. The van der Waals surface area contributed by atoms with E-state index in [4.69, 9.17) is 5.11 Å². The minimum Gasteiger partial charge on any atom is -0.477 e. The number of pyridine rings is 1. The minimum absolute atomic E-state index is 0.0582. The van der Waals surface area contributed by atoms with Crippen LogP contribution in [0.2, 0.25) is 0 Å². The molecule has 2 N–H and O–H groups in total. The number of alkyl halides is 3. The number of carbonyl (C=O) groups is 1. The maximum absolute atomic E-state index is 12.0. The van der Waals surface area contributed by atoms with Crippen molar-refractivity contribution in [2.75, 3.05) is 11.9 Å². The number of ether oxygens (including phenoxy) is 1. The van der Waals surface area contributed by atoms with Crippen LogP contribution in [0.25, 0.3) is 0 Å². The first-order valence-electron chi connectivity index (χ1n) is 7.00. The van der Waals surface area contributed by atoms with Gasteiger partial charge in [0.2, 0.25) is 0 Å². The molecule has 0 spiro atoms. The van der Waals surface area contributed by atoms with E-state index in [1.165, 1.54) is 6.07 Å². The predicted octanol–water partition coefficient (Wildman–Crippen LogP) is 3.47. The Morgan fingerprint density at radius 1 is 1.12 bits per heavy atom. The quantitative estimate of drug-likeness (QED) is 0.807. The Kier molecular flexibility index (Phi) is 5.75. The third-order valence-corrected chi connectivity index (χ3v) is 3.00. The molecule has 0 unspecified atom stereocenters. The third kappa shape index (κ3) is 5.88. The molecule has 0 saturated heterocycles. The van der Waals surface area contributed by atoms with Crippen LogP contribution in [0.5, 0.6) is 0 Å². The first kappa shape index (κ1) is 17.7. The van der Waals surface area contributed by atoms with Gasteiger partial charge in [-0.05, 0) is 23.3 Å². The average molecular weight is 340 g/mol. The van der Waals surface area contributed by atoms with Crippen LogP contribution in [-0.4, -0.2) is 28.8 Å². The van der Waals surface area contributed by atoms with Crippen molar-refractivity contribution in [3.05, 3.63) is 59.3 Å². The van der Waals surface area contributed by atoms with Crippen molar-refractivity contribution >= 4 is 11.8 Å². The molecule has 0 aliphatic heterocycles. The first-order valence-corrected chi connectivity index (χ1v) is 7.00. The molecule has 0 amide bonds. The van der Waals surface area contributed by atoms with Crippen molar-refractivity contribution in [2.45, 2.75) is 19.3 Å². The molecule has 0 aliphatic rings. The molecule has 0 aliphatic carbocycles. The van der Waals surface area contributed by atoms with Crippen LogP contribution in [0.15, 0.2) is 42.5 Å². The molecule has 8 heteroatoms. The summed E-state index contributed by atoms with van der Waals surface area (Å²) < 4.78 is 40.5. The van der Waals surface area contributed by atoms with Crippen molar-refractivity contribution < 1.29 is 27.8 Å². The fourth-order valence-electron chi connectivity index (χ4n) is 1.88. The molecule has 0 saturated carbocycles. The lowest BCUT2D eigenvalue weighted by atomic mass is 10.1. The molecule has 1 aromatic heterocycles. The number of carboxylic acid groups (broad SMARTS) is 1. The van der Waals surface area contributed by atoms with Crippen molar-refractivity contribution in [1.29, 1.82) is 0 Å². The average Bonchev–Trinajstić information content (AvgIpc) is 2.53. The van der Waals surface area contributed by atoms with E-state index in [1.807, 2.05) is 0 Å². The number of aromatic carboxylic acids is 1. The molecular formula is C16H15F3N2O3. The Bertz CT molecular complexity index is 688. The summed E-state index contributed by atoms with van der Waals surface area (Å²) in [5.74, 6) is -0.686. The molecule has 0 atom stereocenters. The summed E-state index contributed by atoms with van der Waals surface area (Å²) in [5, 5.41) is 11.9. The number of anilines is 1. The second-order valence-corrected chi connectivity index (χ2v) is 4.99. The van der Waals surface area contributed by atoms with Crippen molar-refractivity contribution in [2.24, 2.45) is 0 Å². The molecule has 0 bridgehead atoms. The normalized spacial score (nSPS) is 11.3. The summed E-state index contributed by atoms with van der Waals surface area (Å²) in [6, 6.07) is 11.5. The molecule has 2 rings (SSSR count). The Morgan fingerprint density at radius 3 is 2.42 bits per heavy atom. The van der Waals surface area contributed by atoms with E-state index in [0.29, 0.717) is 17.9 Å². The topological polar surface area (TPSA) is 71.5 Å². The van der Waals surface area contributed by atoms with Crippen LogP contribution in [-0.2, 0) is 17.9 Å². The summed E-state index contributed by atoms with van der Waals surface area (Å²) in [6.07, 6.45) is -4.33. The number of carboxylic acids is 1. The number of benzene rings is 1. The lowest BCUT2D eigenvalue weighted by molar-refractivity contribution is -0.176. The van der Waals surface area contributed by atoms with E-state index >= 15 is 0 Å². The van der Waals surface area contributed by atoms with Crippen LogP contribution in [0, 0.1) is 0 Å². The van der Waals surface area contributed by atoms with Gasteiger partial charge in [0.05, 0.1) is 6.61 Å². The second-order valence-electron chi connectivity index (χ2n) is 4.99. The zero-order valence-corrected chi connectivity index (χ0v) is 12.5. The Labute approximate surface area is 136 Å². The third-order valence-electron chi connectivity index (χ3n) is 3.00. The van der Waals surface area contributed by atoms with Crippen LogP contribution < -0.4 is 5.32 Å². The van der Waals surface area contributed by atoms with Gasteiger partial charge in [0.15, 0.2) is 5.69 Å². The highest BCUT2D eigenvalue weighted by Gasteiger charge is 2.27. The Hall–Kier alpha value is -2.61. The number of halogens is 3. The van der Waals surface area contributed by atoms with Gasteiger partial charge in [-0.2, -0.15) is 13.2 Å². The van der Waals surface area contributed by atoms with Crippen molar-refractivity contribution in [3.8, 4) is 0 Å². The summed E-state index contributed by atoms with van der Waals surface area (Å²) in [6.45, 7) is -0.989. The second kappa shape index (κ2) is 7.78. The fraction of sp³-hybridized carbons (Fsp3) is 0.250. The van der Waals surface area contributed by atoms with Gasteiger partial charge in [0, 0.05) is 6.54 Å². The summed E-state index contributed by atoms with van der Waals surface area (Å²) >= 11 is 0. The lowest BCUT2D eigenvalue weighted by Gasteiger charge is -2.09. The molecule has 128 valence electrons. The molecular weight excluding hydrogens is 325 g/mol. The van der Waals surface area contributed by atoms with E-state index in [9.17, 15) is 18.0 Å². The Balaban J connectivity index is 1.85. The van der Waals surface area contributed by atoms with E-state index in [1.54, 1.807) is 36.4 Å².